The Kier molecular flexibility index (Phi) is 2.98. The molecule has 0 spiro atoms. The van der Waals surface area contributed by atoms with E-state index in [1.165, 1.54) is 12.1 Å². The molecular weight excluding hydrogens is 210 g/mol. The molecule has 0 fully saturated rings. The molecule has 1 nitrogen and oxygen atoms in total. The fourth-order valence-electron chi connectivity index (χ4n) is 1.36. The first-order chi connectivity index (χ1) is 7.27. The van der Waals surface area contributed by atoms with Gasteiger partial charge in [0, 0.05) is 10.6 Å². The minimum absolute atomic E-state index is 0.304. The smallest absolute Gasteiger partial charge is 0.131 e. The number of hydrogen-bond acceptors (Lipinski definition) is 1. The van der Waals surface area contributed by atoms with E-state index in [1.54, 1.807) is 12.1 Å². The molecular formula is C12H10FOP. The lowest BCUT2D eigenvalue weighted by Gasteiger charge is -2.01. The molecule has 0 saturated carbocycles. The molecule has 0 aliphatic heterocycles. The van der Waals surface area contributed by atoms with Gasteiger partial charge in [0.15, 0.2) is 0 Å². The van der Waals surface area contributed by atoms with Crippen LogP contribution in [0.1, 0.15) is 0 Å². The molecule has 76 valence electrons. The first-order valence-corrected chi connectivity index (χ1v) is 6.03. The summed E-state index contributed by atoms with van der Waals surface area (Å²) in [6.07, 6.45) is 0. The molecule has 1 unspecified atom stereocenters. The molecule has 1 atom stereocenters. The normalized spacial score (nSPS) is 12.3. The standard InChI is InChI=1S/C12H10FOP/c13-10-6-8-12(9-7-10)15(14)11-4-2-1-3-5-11/h1-9,15H. The lowest BCUT2D eigenvalue weighted by molar-refractivity contribution is 0.598. The fourth-order valence-corrected chi connectivity index (χ4v) is 2.66. The zero-order chi connectivity index (χ0) is 10.7. The third-order valence-corrected chi connectivity index (χ3v) is 3.86. The molecule has 2 aromatic rings. The van der Waals surface area contributed by atoms with Crippen LogP contribution in [0.4, 0.5) is 4.39 Å². The first-order valence-electron chi connectivity index (χ1n) is 4.63. The summed E-state index contributed by atoms with van der Waals surface area (Å²) in [5, 5.41) is 1.49. The lowest BCUT2D eigenvalue weighted by atomic mass is 10.3. The highest BCUT2D eigenvalue weighted by atomic mass is 31.1. The predicted octanol–water partition coefficient (Wildman–Crippen LogP) is 2.34. The molecule has 15 heavy (non-hydrogen) atoms. The summed E-state index contributed by atoms with van der Waals surface area (Å²) in [5.41, 5.74) is 0. The van der Waals surface area contributed by atoms with Crippen LogP contribution in [0.25, 0.3) is 0 Å². The summed E-state index contributed by atoms with van der Waals surface area (Å²) in [7, 11) is -1.98. The van der Waals surface area contributed by atoms with E-state index in [0.717, 1.165) is 5.30 Å². The van der Waals surface area contributed by atoms with Crippen LogP contribution < -0.4 is 10.6 Å². The second-order valence-electron chi connectivity index (χ2n) is 3.20. The average Bonchev–Trinajstić information content (AvgIpc) is 2.30. The number of hydrogen-bond donors (Lipinski definition) is 0. The van der Waals surface area contributed by atoms with Gasteiger partial charge in [-0.25, -0.2) is 4.39 Å². The van der Waals surface area contributed by atoms with E-state index in [0.29, 0.717) is 5.30 Å². The summed E-state index contributed by atoms with van der Waals surface area (Å²) in [4.78, 5) is 0. The van der Waals surface area contributed by atoms with Gasteiger partial charge < -0.3 is 4.57 Å². The van der Waals surface area contributed by atoms with E-state index < -0.39 is 7.80 Å². The Morgan fingerprint density at radius 2 is 1.33 bits per heavy atom. The fraction of sp³-hybridized carbons (Fsp3) is 0. The van der Waals surface area contributed by atoms with Crippen molar-refractivity contribution in [2.45, 2.75) is 0 Å². The summed E-state index contributed by atoms with van der Waals surface area (Å²) in [6, 6.07) is 15.0. The quantitative estimate of drug-likeness (QED) is 0.710. The van der Waals surface area contributed by atoms with E-state index in [9.17, 15) is 8.96 Å². The van der Waals surface area contributed by atoms with Gasteiger partial charge in [-0.15, -0.1) is 0 Å². The van der Waals surface area contributed by atoms with E-state index in [1.807, 2.05) is 30.3 Å². The SMILES string of the molecule is O=[PH](c1ccccc1)c1ccc(F)cc1. The third kappa shape index (κ3) is 2.34. The Morgan fingerprint density at radius 3 is 1.93 bits per heavy atom. The number of rotatable bonds is 2. The van der Waals surface area contributed by atoms with Crippen LogP contribution in [0.3, 0.4) is 0 Å². The Hall–Kier alpha value is -1.40. The molecule has 0 aliphatic carbocycles. The van der Waals surface area contributed by atoms with Crippen LogP contribution in [0.5, 0.6) is 0 Å². The van der Waals surface area contributed by atoms with E-state index in [-0.39, 0.29) is 5.82 Å². The molecule has 0 aliphatic rings. The summed E-state index contributed by atoms with van der Waals surface area (Å²) in [6.45, 7) is 0. The van der Waals surface area contributed by atoms with Gasteiger partial charge in [0.2, 0.25) is 0 Å². The summed E-state index contributed by atoms with van der Waals surface area (Å²) >= 11 is 0. The highest BCUT2D eigenvalue weighted by Gasteiger charge is 2.05. The Morgan fingerprint density at radius 1 is 0.800 bits per heavy atom. The van der Waals surface area contributed by atoms with Crippen LogP contribution in [-0.4, -0.2) is 0 Å². The predicted molar refractivity (Wildman–Crippen MR) is 61.1 cm³/mol. The van der Waals surface area contributed by atoms with Crippen molar-refractivity contribution in [1.82, 2.24) is 0 Å². The third-order valence-electron chi connectivity index (χ3n) is 2.14. The number of halogens is 1. The van der Waals surface area contributed by atoms with Crippen molar-refractivity contribution in [3.05, 3.63) is 60.4 Å². The van der Waals surface area contributed by atoms with Crippen molar-refractivity contribution in [2.75, 3.05) is 0 Å². The second-order valence-corrected chi connectivity index (χ2v) is 5.01. The van der Waals surface area contributed by atoms with Crippen molar-refractivity contribution in [2.24, 2.45) is 0 Å². The summed E-state index contributed by atoms with van der Waals surface area (Å²) < 4.78 is 24.7. The van der Waals surface area contributed by atoms with Gasteiger partial charge in [0.05, 0.1) is 0 Å². The Labute approximate surface area is 88.4 Å². The van der Waals surface area contributed by atoms with Gasteiger partial charge in [-0.3, -0.25) is 0 Å². The zero-order valence-corrected chi connectivity index (χ0v) is 8.98. The van der Waals surface area contributed by atoms with Crippen LogP contribution in [0.2, 0.25) is 0 Å². The topological polar surface area (TPSA) is 17.1 Å². The minimum atomic E-state index is -1.98. The average molecular weight is 220 g/mol. The van der Waals surface area contributed by atoms with Gasteiger partial charge >= 0.3 is 0 Å². The molecule has 2 aromatic carbocycles. The zero-order valence-electron chi connectivity index (χ0n) is 7.98. The maximum Gasteiger partial charge on any atom is 0.131 e. The van der Waals surface area contributed by atoms with Crippen LogP contribution in [0.15, 0.2) is 54.6 Å². The molecule has 0 aromatic heterocycles. The van der Waals surface area contributed by atoms with E-state index in [2.05, 4.69) is 0 Å². The first kappa shape index (κ1) is 10.1. The van der Waals surface area contributed by atoms with Crippen molar-refractivity contribution in [3.63, 3.8) is 0 Å². The Bertz CT molecular complexity index is 465. The largest absolute Gasteiger partial charge is 0.317 e. The van der Waals surface area contributed by atoms with E-state index >= 15 is 0 Å². The molecule has 0 radical (unpaired) electrons. The van der Waals surface area contributed by atoms with Crippen molar-refractivity contribution in [1.29, 1.82) is 0 Å². The molecule has 2 rings (SSSR count). The maximum absolute atomic E-state index is 12.7. The highest BCUT2D eigenvalue weighted by Crippen LogP contribution is 2.18. The monoisotopic (exact) mass is 220 g/mol. The minimum Gasteiger partial charge on any atom is -0.317 e. The lowest BCUT2D eigenvalue weighted by Crippen LogP contribution is -2.05. The van der Waals surface area contributed by atoms with Crippen LogP contribution in [-0.2, 0) is 4.57 Å². The second kappa shape index (κ2) is 4.41. The van der Waals surface area contributed by atoms with Crippen molar-refractivity contribution in [3.8, 4) is 0 Å². The highest BCUT2D eigenvalue weighted by molar-refractivity contribution is 7.61. The van der Waals surface area contributed by atoms with Gasteiger partial charge in [-0.1, -0.05) is 30.3 Å². The number of benzene rings is 2. The molecule has 0 heterocycles. The van der Waals surface area contributed by atoms with E-state index in [4.69, 9.17) is 0 Å². The summed E-state index contributed by atoms with van der Waals surface area (Å²) in [5.74, 6) is -0.304. The molecule has 3 heteroatoms. The molecule has 0 amide bonds. The molecule has 0 bridgehead atoms. The van der Waals surface area contributed by atoms with Crippen molar-refractivity contribution >= 4 is 18.4 Å². The van der Waals surface area contributed by atoms with Crippen LogP contribution in [0, 0.1) is 5.82 Å². The van der Waals surface area contributed by atoms with Crippen LogP contribution >= 0.6 is 7.80 Å². The van der Waals surface area contributed by atoms with Crippen molar-refractivity contribution < 1.29 is 8.96 Å². The van der Waals surface area contributed by atoms with Gasteiger partial charge in [0.1, 0.15) is 13.6 Å². The van der Waals surface area contributed by atoms with Gasteiger partial charge in [-0.2, -0.15) is 0 Å². The molecule has 0 N–H and O–H groups in total. The van der Waals surface area contributed by atoms with Gasteiger partial charge in [0.25, 0.3) is 0 Å². The maximum atomic E-state index is 12.7. The van der Waals surface area contributed by atoms with Gasteiger partial charge in [-0.05, 0) is 24.3 Å². The molecule has 0 saturated heterocycles. The Balaban J connectivity index is 2.33.